The molecule has 1 atom stereocenters. The van der Waals surface area contributed by atoms with E-state index in [2.05, 4.69) is 45.0 Å². The van der Waals surface area contributed by atoms with Crippen molar-refractivity contribution >= 4 is 45.7 Å². The van der Waals surface area contributed by atoms with Crippen molar-refractivity contribution in [1.82, 2.24) is 24.8 Å². The molecule has 220 valence electrons. The molecule has 1 aromatic carbocycles. The van der Waals surface area contributed by atoms with Gasteiger partial charge in [-0.3, -0.25) is 14.6 Å². The summed E-state index contributed by atoms with van der Waals surface area (Å²) in [5.41, 5.74) is 2.97. The van der Waals surface area contributed by atoms with Gasteiger partial charge in [0.2, 0.25) is 5.82 Å². The molecule has 2 aromatic heterocycles. The monoisotopic (exact) mass is 601 g/mol. The zero-order valence-corrected chi connectivity index (χ0v) is 25.1. The van der Waals surface area contributed by atoms with Crippen LogP contribution in [0.2, 0.25) is 5.02 Å². The summed E-state index contributed by atoms with van der Waals surface area (Å²) in [4.78, 5) is 31.9. The standard InChI is InChI=1S/C29H37ClFN7O2S/c1-3-19-14-20(16-21(30)15-19)26-23(17-38-8-5-6-22(38)4-2)41-29(34-26)35-27-25(31)28(33-18-32-27)37-12-10-36(11-13-37)9-7-24(39)40/h14-16,18,22H,3-13,17H2,1-2H3,(H,39,40)(H,32,33,34,35)/t22-/m1/s1. The summed E-state index contributed by atoms with van der Waals surface area (Å²) in [6.45, 7) is 9.07. The third-order valence-electron chi connectivity index (χ3n) is 7.96. The quantitative estimate of drug-likeness (QED) is 0.288. The molecule has 2 saturated heterocycles. The van der Waals surface area contributed by atoms with Crippen LogP contribution in [-0.2, 0) is 17.8 Å². The molecule has 0 amide bonds. The average Bonchev–Trinajstić information content (AvgIpc) is 3.59. The van der Waals surface area contributed by atoms with Crippen LogP contribution < -0.4 is 10.2 Å². The Hall–Kier alpha value is -2.86. The number of carboxylic acids is 1. The number of aliphatic carboxylic acids is 1. The predicted octanol–water partition coefficient (Wildman–Crippen LogP) is 5.67. The summed E-state index contributed by atoms with van der Waals surface area (Å²) in [6.07, 6.45) is 5.84. The van der Waals surface area contributed by atoms with Crippen LogP contribution in [0.1, 0.15) is 50.0 Å². The second-order valence-corrected chi connectivity index (χ2v) is 12.1. The van der Waals surface area contributed by atoms with Crippen LogP contribution in [0.5, 0.6) is 0 Å². The molecular weight excluding hydrogens is 565 g/mol. The number of carbonyl (C=O) groups is 1. The lowest BCUT2D eigenvalue weighted by atomic mass is 10.1. The number of nitrogens with zero attached hydrogens (tertiary/aromatic N) is 6. The predicted molar refractivity (Wildman–Crippen MR) is 162 cm³/mol. The number of hydrogen-bond acceptors (Lipinski definition) is 9. The minimum absolute atomic E-state index is 0.0862. The van der Waals surface area contributed by atoms with Crippen LogP contribution in [0, 0.1) is 5.82 Å². The molecule has 2 fully saturated rings. The van der Waals surface area contributed by atoms with E-state index < -0.39 is 11.8 Å². The van der Waals surface area contributed by atoms with E-state index in [0.29, 0.717) is 48.9 Å². The molecule has 3 aromatic rings. The number of likely N-dealkylation sites (tertiary alicyclic amines) is 1. The Kier molecular flexibility index (Phi) is 9.69. The van der Waals surface area contributed by atoms with Crippen LogP contribution >= 0.6 is 22.9 Å². The van der Waals surface area contributed by atoms with E-state index in [9.17, 15) is 4.79 Å². The highest BCUT2D eigenvalue weighted by molar-refractivity contribution is 7.16. The molecule has 0 spiro atoms. The summed E-state index contributed by atoms with van der Waals surface area (Å²) in [7, 11) is 0. The van der Waals surface area contributed by atoms with Crippen LogP contribution in [0.15, 0.2) is 24.5 Å². The molecular formula is C29H37ClFN7O2S. The Labute approximate surface area is 249 Å². The maximum atomic E-state index is 15.7. The van der Waals surface area contributed by atoms with Crippen LogP contribution in [0.4, 0.5) is 21.2 Å². The summed E-state index contributed by atoms with van der Waals surface area (Å²) in [5.74, 6) is -1.01. The molecule has 0 aliphatic carbocycles. The molecule has 9 nitrogen and oxygen atoms in total. The van der Waals surface area contributed by atoms with Crippen molar-refractivity contribution in [2.45, 2.75) is 58.5 Å². The lowest BCUT2D eigenvalue weighted by Crippen LogP contribution is -2.47. The first-order valence-electron chi connectivity index (χ1n) is 14.3. The maximum Gasteiger partial charge on any atom is 0.304 e. The molecule has 0 unspecified atom stereocenters. The van der Waals surface area contributed by atoms with Crippen molar-refractivity contribution in [3.63, 3.8) is 0 Å². The number of hydrogen-bond donors (Lipinski definition) is 2. The van der Waals surface area contributed by atoms with E-state index in [1.807, 2.05) is 17.0 Å². The Morgan fingerprint density at radius 1 is 1.17 bits per heavy atom. The highest BCUT2D eigenvalue weighted by atomic mass is 35.5. The Bertz CT molecular complexity index is 1360. The van der Waals surface area contributed by atoms with Gasteiger partial charge in [-0.15, -0.1) is 0 Å². The number of nitrogens with one attached hydrogen (secondary N) is 1. The van der Waals surface area contributed by atoms with E-state index in [0.717, 1.165) is 47.6 Å². The number of halogens is 2. The van der Waals surface area contributed by atoms with E-state index in [1.54, 1.807) is 0 Å². The van der Waals surface area contributed by atoms with Gasteiger partial charge in [-0.2, -0.15) is 4.39 Å². The summed E-state index contributed by atoms with van der Waals surface area (Å²) in [5, 5.41) is 13.3. The first kappa shape index (κ1) is 29.6. The van der Waals surface area contributed by atoms with Crippen LogP contribution in [-0.4, -0.2) is 81.1 Å². The molecule has 12 heteroatoms. The zero-order chi connectivity index (χ0) is 28.9. The number of benzene rings is 1. The second kappa shape index (κ2) is 13.4. The fourth-order valence-corrected chi connectivity index (χ4v) is 6.95. The lowest BCUT2D eigenvalue weighted by Gasteiger charge is -2.35. The van der Waals surface area contributed by atoms with Crippen molar-refractivity contribution in [3.8, 4) is 11.3 Å². The largest absolute Gasteiger partial charge is 0.481 e. The van der Waals surface area contributed by atoms with Crippen LogP contribution in [0.3, 0.4) is 0 Å². The third kappa shape index (κ3) is 7.14. The molecule has 0 saturated carbocycles. The number of piperazine rings is 1. The Morgan fingerprint density at radius 3 is 2.71 bits per heavy atom. The summed E-state index contributed by atoms with van der Waals surface area (Å²) < 4.78 is 15.7. The number of carboxylic acid groups (broad SMARTS) is 1. The SMILES string of the molecule is CCc1cc(Cl)cc(-c2nc(Nc3ncnc(N4CCN(CCC(=O)O)CC4)c3F)sc2CN2CCC[C@H]2CC)c1. The van der Waals surface area contributed by atoms with Gasteiger partial charge in [0.05, 0.1) is 12.1 Å². The number of anilines is 3. The number of aromatic nitrogens is 3. The average molecular weight is 602 g/mol. The van der Waals surface area contributed by atoms with E-state index in [1.165, 1.54) is 30.5 Å². The van der Waals surface area contributed by atoms with Crippen molar-refractivity contribution in [1.29, 1.82) is 0 Å². The Morgan fingerprint density at radius 2 is 1.98 bits per heavy atom. The van der Waals surface area contributed by atoms with E-state index in [-0.39, 0.29) is 18.1 Å². The molecule has 41 heavy (non-hydrogen) atoms. The molecule has 2 aliphatic rings. The molecule has 2 N–H and O–H groups in total. The van der Waals surface area contributed by atoms with Crippen molar-refractivity contribution in [2.24, 2.45) is 0 Å². The van der Waals surface area contributed by atoms with Gasteiger partial charge >= 0.3 is 5.97 Å². The zero-order valence-electron chi connectivity index (χ0n) is 23.6. The van der Waals surface area contributed by atoms with E-state index in [4.69, 9.17) is 21.7 Å². The van der Waals surface area contributed by atoms with Crippen LogP contribution in [0.25, 0.3) is 11.3 Å². The van der Waals surface area contributed by atoms with Gasteiger partial charge in [-0.1, -0.05) is 36.8 Å². The van der Waals surface area contributed by atoms with Gasteiger partial charge in [0.1, 0.15) is 6.33 Å². The molecule has 0 bridgehead atoms. The lowest BCUT2D eigenvalue weighted by molar-refractivity contribution is -0.137. The number of aryl methyl sites for hydroxylation is 1. The van der Waals surface area contributed by atoms with Gasteiger partial charge in [0.15, 0.2) is 16.8 Å². The first-order valence-corrected chi connectivity index (χ1v) is 15.5. The maximum absolute atomic E-state index is 15.7. The highest BCUT2D eigenvalue weighted by Gasteiger charge is 2.27. The number of thiazole rings is 1. The summed E-state index contributed by atoms with van der Waals surface area (Å²) >= 11 is 8.01. The van der Waals surface area contributed by atoms with Gasteiger partial charge in [-0.05, 0) is 56.0 Å². The van der Waals surface area contributed by atoms with Gasteiger partial charge < -0.3 is 15.3 Å². The fraction of sp³-hybridized carbons (Fsp3) is 0.517. The smallest absolute Gasteiger partial charge is 0.304 e. The Balaban J connectivity index is 1.38. The van der Waals surface area contributed by atoms with Crippen molar-refractivity contribution in [2.75, 3.05) is 49.5 Å². The second-order valence-electron chi connectivity index (χ2n) is 10.6. The van der Waals surface area contributed by atoms with Crippen molar-refractivity contribution < 1.29 is 14.3 Å². The van der Waals surface area contributed by atoms with Crippen molar-refractivity contribution in [3.05, 3.63) is 45.8 Å². The molecule has 5 rings (SSSR count). The topological polar surface area (TPSA) is 97.7 Å². The fourth-order valence-electron chi connectivity index (χ4n) is 5.69. The van der Waals surface area contributed by atoms with Gasteiger partial charge in [0.25, 0.3) is 0 Å². The van der Waals surface area contributed by atoms with Gasteiger partial charge in [0, 0.05) is 60.8 Å². The molecule has 4 heterocycles. The minimum atomic E-state index is -0.815. The summed E-state index contributed by atoms with van der Waals surface area (Å²) in [6, 6.07) is 6.62. The molecule has 2 aliphatic heterocycles. The normalized spacial score (nSPS) is 18.2. The number of rotatable bonds is 11. The van der Waals surface area contributed by atoms with Gasteiger partial charge in [-0.25, -0.2) is 15.0 Å². The third-order valence-corrected chi connectivity index (χ3v) is 9.14. The van der Waals surface area contributed by atoms with E-state index >= 15 is 4.39 Å². The highest BCUT2D eigenvalue weighted by Crippen LogP contribution is 2.37. The first-order chi connectivity index (χ1) is 19.8. The molecule has 0 radical (unpaired) electrons. The minimum Gasteiger partial charge on any atom is -0.481 e.